The van der Waals surface area contributed by atoms with Gasteiger partial charge in [0, 0.05) is 18.5 Å². The maximum absolute atomic E-state index is 9.95. The Bertz CT molecular complexity index is 228. The summed E-state index contributed by atoms with van der Waals surface area (Å²) in [6.45, 7) is 9.72. The van der Waals surface area contributed by atoms with E-state index in [4.69, 9.17) is 5.73 Å². The molecule has 0 aliphatic carbocycles. The van der Waals surface area contributed by atoms with Gasteiger partial charge in [0.2, 0.25) is 0 Å². The van der Waals surface area contributed by atoms with E-state index in [0.29, 0.717) is 12.3 Å². The molecular formula is C12H26N2O. The molecule has 0 radical (unpaired) electrons. The van der Waals surface area contributed by atoms with Crippen molar-refractivity contribution in [2.24, 2.45) is 17.1 Å². The van der Waals surface area contributed by atoms with Crippen LogP contribution in [0.25, 0.3) is 0 Å². The summed E-state index contributed by atoms with van der Waals surface area (Å²) < 4.78 is 0. The van der Waals surface area contributed by atoms with Crippen LogP contribution >= 0.6 is 0 Å². The summed E-state index contributed by atoms with van der Waals surface area (Å²) in [5, 5.41) is 9.95. The second-order valence-corrected chi connectivity index (χ2v) is 6.24. The van der Waals surface area contributed by atoms with Gasteiger partial charge in [-0.3, -0.25) is 4.90 Å². The van der Waals surface area contributed by atoms with E-state index in [1.165, 1.54) is 0 Å². The van der Waals surface area contributed by atoms with E-state index in [-0.39, 0.29) is 11.0 Å². The fourth-order valence-electron chi connectivity index (χ4n) is 2.69. The highest BCUT2D eigenvalue weighted by molar-refractivity contribution is 4.95. The van der Waals surface area contributed by atoms with Crippen molar-refractivity contribution < 1.29 is 5.11 Å². The van der Waals surface area contributed by atoms with Gasteiger partial charge in [0.15, 0.2) is 0 Å². The van der Waals surface area contributed by atoms with Crippen molar-refractivity contribution in [2.45, 2.75) is 52.3 Å². The Morgan fingerprint density at radius 3 is 2.40 bits per heavy atom. The predicted molar refractivity (Wildman–Crippen MR) is 63.4 cm³/mol. The van der Waals surface area contributed by atoms with Crippen LogP contribution in [0.1, 0.15) is 40.5 Å². The van der Waals surface area contributed by atoms with E-state index in [1.54, 1.807) is 0 Å². The monoisotopic (exact) mass is 214 g/mol. The van der Waals surface area contributed by atoms with Crippen LogP contribution < -0.4 is 5.73 Å². The summed E-state index contributed by atoms with van der Waals surface area (Å²) in [5.74, 6) is 0.577. The molecule has 3 unspecified atom stereocenters. The third kappa shape index (κ3) is 2.92. The summed E-state index contributed by atoms with van der Waals surface area (Å²) in [7, 11) is 1.98. The molecule has 3 atom stereocenters. The minimum absolute atomic E-state index is 0.190. The first-order valence-electron chi connectivity index (χ1n) is 5.83. The molecule has 1 aliphatic rings. The molecule has 0 aromatic rings. The molecule has 3 heteroatoms. The fraction of sp³-hybridized carbons (Fsp3) is 1.00. The predicted octanol–water partition coefficient (Wildman–Crippen LogP) is 1.41. The van der Waals surface area contributed by atoms with Crippen LogP contribution in [0.2, 0.25) is 0 Å². The number of nitrogens with two attached hydrogens (primary N) is 1. The first kappa shape index (κ1) is 12.9. The Morgan fingerprint density at radius 2 is 1.93 bits per heavy atom. The number of hydrogen-bond acceptors (Lipinski definition) is 3. The van der Waals surface area contributed by atoms with Crippen LogP contribution in [0.15, 0.2) is 0 Å². The molecule has 1 aliphatic heterocycles. The molecule has 0 aromatic heterocycles. The highest BCUT2D eigenvalue weighted by Crippen LogP contribution is 2.40. The second kappa shape index (κ2) is 4.04. The Morgan fingerprint density at radius 1 is 1.40 bits per heavy atom. The van der Waals surface area contributed by atoms with E-state index in [0.717, 1.165) is 13.0 Å². The molecule has 3 N–H and O–H groups in total. The molecule has 90 valence electrons. The molecule has 0 amide bonds. The van der Waals surface area contributed by atoms with Gasteiger partial charge in [0.05, 0.1) is 0 Å². The Hall–Kier alpha value is -0.120. The van der Waals surface area contributed by atoms with Gasteiger partial charge in [-0.25, -0.2) is 0 Å². The van der Waals surface area contributed by atoms with E-state index in [2.05, 4.69) is 27.7 Å². The Labute approximate surface area is 93.6 Å². The number of aliphatic hydroxyl groups is 1. The summed E-state index contributed by atoms with van der Waals surface area (Å²) in [5.41, 5.74) is 6.19. The average molecular weight is 214 g/mol. The number of hydrogen-bond donors (Lipinski definition) is 2. The van der Waals surface area contributed by atoms with E-state index >= 15 is 0 Å². The lowest BCUT2D eigenvalue weighted by atomic mass is 9.71. The summed E-state index contributed by atoms with van der Waals surface area (Å²) in [6.07, 6.45) is 1.23. The fourth-order valence-corrected chi connectivity index (χ4v) is 2.69. The number of aliphatic hydroxyl groups excluding tert-OH is 1. The van der Waals surface area contributed by atoms with Crippen molar-refractivity contribution in [2.75, 3.05) is 13.6 Å². The van der Waals surface area contributed by atoms with Crippen molar-refractivity contribution in [3.8, 4) is 0 Å². The standard InChI is InChI=1S/C12H26N2O/c1-9(2)11(3)7-12(4,13)6-10(15)14(5)8-11/h9-10,15H,6-8,13H2,1-5H3. The van der Waals surface area contributed by atoms with Gasteiger partial charge in [-0.15, -0.1) is 0 Å². The zero-order valence-electron chi connectivity index (χ0n) is 10.7. The molecule has 1 heterocycles. The van der Waals surface area contributed by atoms with E-state index < -0.39 is 6.23 Å². The van der Waals surface area contributed by atoms with Crippen molar-refractivity contribution in [3.05, 3.63) is 0 Å². The van der Waals surface area contributed by atoms with E-state index in [9.17, 15) is 5.11 Å². The molecule has 0 bridgehead atoms. The minimum atomic E-state index is -0.402. The van der Waals surface area contributed by atoms with Crippen molar-refractivity contribution in [3.63, 3.8) is 0 Å². The van der Waals surface area contributed by atoms with Crippen LogP contribution in [-0.2, 0) is 0 Å². The summed E-state index contributed by atoms with van der Waals surface area (Å²) in [6, 6.07) is 0. The molecule has 0 spiro atoms. The quantitative estimate of drug-likeness (QED) is 0.694. The van der Waals surface area contributed by atoms with Gasteiger partial charge in [0.1, 0.15) is 6.23 Å². The van der Waals surface area contributed by atoms with Gasteiger partial charge in [-0.1, -0.05) is 20.8 Å². The van der Waals surface area contributed by atoms with Crippen molar-refractivity contribution in [1.29, 1.82) is 0 Å². The molecule has 15 heavy (non-hydrogen) atoms. The lowest BCUT2D eigenvalue weighted by Crippen LogP contribution is -2.43. The first-order valence-corrected chi connectivity index (χ1v) is 5.83. The number of nitrogens with zero attached hydrogens (tertiary/aromatic N) is 1. The summed E-state index contributed by atoms with van der Waals surface area (Å²) >= 11 is 0. The molecular weight excluding hydrogens is 188 g/mol. The van der Waals surface area contributed by atoms with Gasteiger partial charge in [-0.2, -0.15) is 0 Å². The van der Waals surface area contributed by atoms with Gasteiger partial charge in [0.25, 0.3) is 0 Å². The third-order valence-electron chi connectivity index (χ3n) is 3.97. The van der Waals surface area contributed by atoms with Gasteiger partial charge >= 0.3 is 0 Å². The van der Waals surface area contributed by atoms with Crippen LogP contribution in [0.4, 0.5) is 0 Å². The number of likely N-dealkylation sites (tertiary alicyclic amines) is 1. The average Bonchev–Trinajstić information content (AvgIpc) is 2.07. The highest BCUT2D eigenvalue weighted by atomic mass is 16.3. The largest absolute Gasteiger partial charge is 0.378 e. The molecule has 0 aromatic carbocycles. The smallest absolute Gasteiger partial charge is 0.108 e. The Kier molecular flexibility index (Phi) is 3.49. The lowest BCUT2D eigenvalue weighted by molar-refractivity contribution is -0.00111. The molecule has 3 nitrogen and oxygen atoms in total. The Balaban J connectivity index is 2.93. The van der Waals surface area contributed by atoms with Crippen molar-refractivity contribution >= 4 is 0 Å². The van der Waals surface area contributed by atoms with Crippen LogP contribution in [0, 0.1) is 11.3 Å². The summed E-state index contributed by atoms with van der Waals surface area (Å²) in [4.78, 5) is 2.03. The SMILES string of the molecule is CC(C)C1(C)CN(C)C(O)CC(C)(N)C1. The topological polar surface area (TPSA) is 49.5 Å². The highest BCUT2D eigenvalue weighted by Gasteiger charge is 2.41. The van der Waals surface area contributed by atoms with Gasteiger partial charge < -0.3 is 10.8 Å². The second-order valence-electron chi connectivity index (χ2n) is 6.24. The maximum Gasteiger partial charge on any atom is 0.108 e. The zero-order chi connectivity index (χ0) is 11.9. The minimum Gasteiger partial charge on any atom is -0.378 e. The molecule has 1 rings (SSSR count). The van der Waals surface area contributed by atoms with Crippen LogP contribution in [0.3, 0.4) is 0 Å². The maximum atomic E-state index is 9.95. The normalized spacial score (nSPS) is 44.4. The third-order valence-corrected chi connectivity index (χ3v) is 3.97. The zero-order valence-corrected chi connectivity index (χ0v) is 10.7. The van der Waals surface area contributed by atoms with Crippen LogP contribution in [-0.4, -0.2) is 35.4 Å². The molecule has 0 saturated carbocycles. The lowest BCUT2D eigenvalue weighted by Gasteiger charge is -2.38. The van der Waals surface area contributed by atoms with E-state index in [1.807, 2.05) is 11.9 Å². The van der Waals surface area contributed by atoms with Crippen LogP contribution in [0.5, 0.6) is 0 Å². The first-order chi connectivity index (χ1) is 6.66. The molecule has 1 fully saturated rings. The number of rotatable bonds is 1. The van der Waals surface area contributed by atoms with Crippen molar-refractivity contribution in [1.82, 2.24) is 4.90 Å². The molecule has 1 saturated heterocycles. The van der Waals surface area contributed by atoms with Gasteiger partial charge in [-0.05, 0) is 31.7 Å².